The van der Waals surface area contributed by atoms with E-state index in [2.05, 4.69) is 47.9 Å². The Kier molecular flexibility index (Phi) is 38.7. The van der Waals surface area contributed by atoms with Crippen LogP contribution in [0.5, 0.6) is 0 Å². The van der Waals surface area contributed by atoms with Crippen molar-refractivity contribution >= 4 is 65.1 Å². The van der Waals surface area contributed by atoms with Gasteiger partial charge in [-0.1, -0.05) is 48.5 Å². The SMILES string of the molecule is CCC1O[C@@H](OC2C(C)CC(C)[C@H](O)C2O[C@@H]2O[C@H](CNC(=S)NCCCNC(=S)NC[C@H]3O[C@@H](O[C@H]4C(O[C@H]5OC(CNC(=O)OC(C)(C)C)C(O)[C@H](O)C5C)C(NC(=O)OC(C)(C)C)C[C@@H](NC(=O)OC(C)(C)C)C4O)C(O)[C@H]3O[C@H]3O[C@@H](CC)C(O)C(O)C3C)C(O[C@@H]3O[C@H](CNC(=O)OC(C)(C)C)C(O)C(O)C3NC(=O)OC(C)(C)C)C2O)C(C)[C@@H](O)C1O. The van der Waals surface area contributed by atoms with Crippen LogP contribution in [0.3, 0.4) is 0 Å². The van der Waals surface area contributed by atoms with E-state index in [0.29, 0.717) is 19.3 Å². The highest BCUT2D eigenvalue weighted by atomic mass is 32.1. The summed E-state index contributed by atoms with van der Waals surface area (Å²) in [6.07, 6.45) is -47.3. The fraction of sp³-hybridized carbons (Fsp3) is 0.916. The molecule has 0 aromatic heterocycles. The van der Waals surface area contributed by atoms with Gasteiger partial charge in [-0.05, 0) is 172 Å². The van der Waals surface area contributed by atoms with E-state index < -0.39 is 298 Å². The van der Waals surface area contributed by atoms with E-state index in [1.165, 1.54) is 6.92 Å². The summed E-state index contributed by atoms with van der Waals surface area (Å²) in [5.74, 6) is -3.49. The number of hydrogen-bond acceptors (Lipinski definition) is 36. The van der Waals surface area contributed by atoms with Crippen molar-refractivity contribution in [2.24, 2.45) is 29.6 Å². The quantitative estimate of drug-likeness (QED) is 0.0263. The lowest BCUT2D eigenvalue weighted by Crippen LogP contribution is -2.68. The second-order valence-corrected chi connectivity index (χ2v) is 40.5. The topological polar surface area (TPSA) is 593 Å². The van der Waals surface area contributed by atoms with E-state index in [1.54, 1.807) is 132 Å². The minimum atomic E-state index is -1.88. The summed E-state index contributed by atoms with van der Waals surface area (Å²) < 4.78 is 106. The zero-order valence-electron chi connectivity index (χ0n) is 77.4. The Morgan fingerprint density at radius 1 is 0.305 bits per heavy atom. The van der Waals surface area contributed by atoms with E-state index in [4.69, 9.17) is 105 Å². The molecule has 6 saturated heterocycles. The molecule has 0 aromatic carbocycles. The van der Waals surface area contributed by atoms with Crippen LogP contribution in [0.4, 0.5) is 24.0 Å². The first-order valence-electron chi connectivity index (χ1n) is 44.3. The van der Waals surface area contributed by atoms with Gasteiger partial charge in [0.1, 0.15) is 138 Å². The molecule has 8 rings (SSSR count). The zero-order valence-corrected chi connectivity index (χ0v) is 79.0. The minimum absolute atomic E-state index is 0.0515. The molecule has 6 aliphatic heterocycles. The van der Waals surface area contributed by atoms with Gasteiger partial charge in [0, 0.05) is 57.0 Å². The van der Waals surface area contributed by atoms with Crippen molar-refractivity contribution in [2.45, 2.75) is 415 Å². The summed E-state index contributed by atoms with van der Waals surface area (Å²) in [7, 11) is 0. The molecule has 21 N–H and O–H groups in total. The summed E-state index contributed by atoms with van der Waals surface area (Å²) in [4.78, 5) is 67.0. The molecule has 0 aromatic rings. The standard InChI is InChI=1S/C83H147N9O34S2/c1-23-41-53(98)49(94)36(5)66(110-41)116-60-35(4)28-34(3)48(93)64(60)120-70-59(104)63(119-69-47(92-78(109)126-83(20,21)22)57(102)56(101)44(113-69)31-89-75(106)123-80(11,12)13)46(115-70)33-87-73(128)85-27-25-26-84-72(127)86-32-45-62(118-67-37(6)50(95)54(99)42(24-2)111-67)58(103)71(114-45)121-65-52(97)39(90-76(107)124-81(14,15)16)29-40(91-77(108)125-82(17,18)19)61(65)117-68-38(7)51(96)55(100)43(112-68)30-88-74(105)122-79(8,9)10/h34-71,93-104H,23-33H2,1-22H3,(H,88,105)(H,89,106)(H,90,107)(H,91,108)(H,92,109)(H2,84,86,127)(H2,85,87,128)/t34?,35?,36?,37?,38?,39-,40?,41?,42+,43?,44-,45-,46-,47?,48+,49-,50?,51-,52?,53?,54?,55?,56?,57?,58?,59?,60?,61?,62+,63?,64?,65-,66+,67-,68-,69+,70+,71+/m1/s1. The minimum Gasteiger partial charge on any atom is -0.444 e. The Hall–Kier alpha value is -5.23. The van der Waals surface area contributed by atoms with E-state index in [0.717, 1.165) is 0 Å². The molecule has 740 valence electrons. The number of nitrogens with one attached hydrogen (secondary N) is 9. The normalized spacial score (nSPS) is 39.6. The maximum atomic E-state index is 14.0. The van der Waals surface area contributed by atoms with Crippen molar-refractivity contribution in [1.82, 2.24) is 47.9 Å². The van der Waals surface area contributed by atoms with E-state index >= 15 is 0 Å². The first-order valence-corrected chi connectivity index (χ1v) is 45.2. The summed E-state index contributed by atoms with van der Waals surface area (Å²) in [5.41, 5.74) is -5.03. The van der Waals surface area contributed by atoms with Gasteiger partial charge in [0.2, 0.25) is 0 Å². The first-order chi connectivity index (χ1) is 59.4. The van der Waals surface area contributed by atoms with Crippen LogP contribution in [0.1, 0.15) is 184 Å². The smallest absolute Gasteiger partial charge is 0.408 e. The largest absolute Gasteiger partial charge is 0.444 e. The third kappa shape index (κ3) is 30.1. The van der Waals surface area contributed by atoms with Gasteiger partial charge in [-0.15, -0.1) is 0 Å². The van der Waals surface area contributed by atoms with Crippen molar-refractivity contribution in [3.05, 3.63) is 0 Å². The van der Waals surface area contributed by atoms with Gasteiger partial charge in [-0.3, -0.25) is 0 Å². The Bertz CT molecular complexity index is 3560. The van der Waals surface area contributed by atoms with Crippen LogP contribution in [0.15, 0.2) is 0 Å². The Balaban J connectivity index is 1.00. The molecule has 38 atom stereocenters. The molecule has 6 heterocycles. The van der Waals surface area contributed by atoms with Crippen molar-refractivity contribution in [3.8, 4) is 0 Å². The van der Waals surface area contributed by atoms with E-state index in [9.17, 15) is 85.3 Å². The summed E-state index contributed by atoms with van der Waals surface area (Å²) in [5, 5.41) is 166. The molecule has 0 spiro atoms. The number of carbonyl (C=O) groups excluding carboxylic acids is 5. The number of ether oxygens (including phenoxy) is 17. The molecule has 43 nitrogen and oxygen atoms in total. The Labute approximate surface area is 759 Å². The maximum absolute atomic E-state index is 14.0. The molecule has 8 aliphatic rings. The van der Waals surface area contributed by atoms with Gasteiger partial charge in [0.05, 0.1) is 54.8 Å². The summed E-state index contributed by atoms with van der Waals surface area (Å²) >= 11 is 11.6. The predicted molar refractivity (Wildman–Crippen MR) is 459 cm³/mol. The average Bonchev–Trinajstić information content (AvgIpc) is 1.76. The third-order valence-corrected chi connectivity index (χ3v) is 23.6. The fourth-order valence-electron chi connectivity index (χ4n) is 16.4. The molecular weight excluding hydrogens is 1730 g/mol. The molecular formula is C83H147N9O34S2. The molecule has 45 heteroatoms. The molecule has 128 heavy (non-hydrogen) atoms. The van der Waals surface area contributed by atoms with Gasteiger partial charge in [0.25, 0.3) is 0 Å². The fourth-order valence-corrected chi connectivity index (χ4v) is 16.7. The molecule has 22 unspecified atom stereocenters. The van der Waals surface area contributed by atoms with Gasteiger partial charge in [-0.2, -0.15) is 0 Å². The molecule has 5 amide bonds. The Morgan fingerprint density at radius 3 is 1.02 bits per heavy atom. The monoisotopic (exact) mass is 1880 g/mol. The molecule has 8 fully saturated rings. The average molecular weight is 1880 g/mol. The van der Waals surface area contributed by atoms with E-state index in [-0.39, 0.29) is 55.2 Å². The van der Waals surface area contributed by atoms with Gasteiger partial charge < -0.3 is 190 Å². The highest BCUT2D eigenvalue weighted by Gasteiger charge is 2.59. The number of amides is 5. The first kappa shape index (κ1) is 108. The van der Waals surface area contributed by atoms with Gasteiger partial charge in [0.15, 0.2) is 48.0 Å². The van der Waals surface area contributed by atoms with E-state index in [1.807, 2.05) is 13.8 Å². The number of aliphatic hydroxyl groups is 12. The predicted octanol–water partition coefficient (Wildman–Crippen LogP) is -0.167. The van der Waals surface area contributed by atoms with Crippen molar-refractivity contribution in [1.29, 1.82) is 0 Å². The van der Waals surface area contributed by atoms with Gasteiger partial charge >= 0.3 is 30.5 Å². The highest BCUT2D eigenvalue weighted by Crippen LogP contribution is 2.43. The number of rotatable bonds is 29. The van der Waals surface area contributed by atoms with Crippen LogP contribution in [0.25, 0.3) is 0 Å². The summed E-state index contributed by atoms with van der Waals surface area (Å²) in [6.45, 7) is 35.2. The highest BCUT2D eigenvalue weighted by molar-refractivity contribution is 7.80. The molecule has 2 saturated carbocycles. The number of hydrogen-bond donors (Lipinski definition) is 21. The van der Waals surface area contributed by atoms with Crippen LogP contribution in [-0.4, -0.2) is 372 Å². The zero-order chi connectivity index (χ0) is 95.6. The van der Waals surface area contributed by atoms with Crippen LogP contribution < -0.4 is 47.9 Å². The lowest BCUT2D eigenvalue weighted by molar-refractivity contribution is -0.325. The van der Waals surface area contributed by atoms with Crippen molar-refractivity contribution < 1.29 is 166 Å². The summed E-state index contributed by atoms with van der Waals surface area (Å²) in [6, 6.07) is -4.30. The third-order valence-electron chi connectivity index (χ3n) is 23.0. The number of thiocarbonyl (C=S) groups is 2. The van der Waals surface area contributed by atoms with Crippen LogP contribution in [0.2, 0.25) is 0 Å². The number of aliphatic hydroxyl groups excluding tert-OH is 12. The number of carbonyl (C=O) groups is 5. The lowest BCUT2D eigenvalue weighted by Gasteiger charge is -2.48. The maximum Gasteiger partial charge on any atom is 0.408 e. The molecule has 0 bridgehead atoms. The Morgan fingerprint density at radius 2 is 0.617 bits per heavy atom. The lowest BCUT2D eigenvalue weighted by atomic mass is 9.77. The number of alkyl carbamates (subject to hydrolysis) is 5. The van der Waals surface area contributed by atoms with Crippen LogP contribution in [-0.2, 0) is 80.5 Å². The second-order valence-electron chi connectivity index (χ2n) is 39.6. The van der Waals surface area contributed by atoms with Crippen LogP contribution >= 0.6 is 24.4 Å². The molecule has 2 aliphatic carbocycles. The van der Waals surface area contributed by atoms with Crippen LogP contribution in [0, 0.1) is 29.6 Å². The van der Waals surface area contributed by atoms with Gasteiger partial charge in [-0.25, -0.2) is 24.0 Å². The molecule has 0 radical (unpaired) electrons. The van der Waals surface area contributed by atoms with Crippen molar-refractivity contribution in [2.75, 3.05) is 39.3 Å². The van der Waals surface area contributed by atoms with Crippen molar-refractivity contribution in [3.63, 3.8) is 0 Å². The second kappa shape index (κ2) is 45.9.